The molecule has 0 aliphatic carbocycles. The lowest BCUT2D eigenvalue weighted by Crippen LogP contribution is -2.10. The highest BCUT2D eigenvalue weighted by atomic mass is 16.4. The Morgan fingerprint density at radius 1 is 1.53 bits per heavy atom. The molecule has 6 nitrogen and oxygen atoms in total. The van der Waals surface area contributed by atoms with Crippen LogP contribution in [0.4, 0.5) is 0 Å². The molecule has 0 spiro atoms. The molecule has 88 valence electrons. The number of rotatable bonds is 2. The maximum absolute atomic E-state index is 9.24. The van der Waals surface area contributed by atoms with Gasteiger partial charge in [0.25, 0.3) is 0 Å². The summed E-state index contributed by atoms with van der Waals surface area (Å²) in [7, 11) is 1.94. The van der Waals surface area contributed by atoms with Gasteiger partial charge in [0.1, 0.15) is 0 Å². The monoisotopic (exact) mass is 216 g/mol. The third-order valence-corrected chi connectivity index (χ3v) is 1.10. The Hall–Kier alpha value is -1.40. The number of carboxylic acids is 1. The summed E-state index contributed by atoms with van der Waals surface area (Å²) in [4.78, 5) is 13.0. The van der Waals surface area contributed by atoms with Crippen molar-refractivity contribution in [1.82, 2.24) is 9.55 Å². The van der Waals surface area contributed by atoms with Crippen LogP contribution in [0, 0.1) is 0 Å². The van der Waals surface area contributed by atoms with Gasteiger partial charge in [-0.2, -0.15) is 0 Å². The predicted molar refractivity (Wildman–Crippen MR) is 59.2 cm³/mol. The summed E-state index contributed by atoms with van der Waals surface area (Å²) in [5.74, 6) is -0.968. The van der Waals surface area contributed by atoms with E-state index in [4.69, 9.17) is 10.8 Å². The van der Waals surface area contributed by atoms with Crippen molar-refractivity contribution >= 4 is 5.97 Å². The molecule has 1 heterocycles. The van der Waals surface area contributed by atoms with Crippen LogP contribution in [0.5, 0.6) is 0 Å². The van der Waals surface area contributed by atoms with Crippen molar-refractivity contribution in [3.8, 4) is 0 Å². The van der Waals surface area contributed by atoms with Gasteiger partial charge in [0.05, 0.1) is 12.9 Å². The van der Waals surface area contributed by atoms with E-state index in [1.165, 1.54) is 0 Å². The number of carbonyl (C=O) groups is 1. The fourth-order valence-electron chi connectivity index (χ4n) is 0.326. The Kier molecular flexibility index (Phi) is 13.5. The average Bonchev–Trinajstić information content (AvgIpc) is 2.70. The topological polar surface area (TPSA) is 107 Å². The number of hydrogen-bond acceptors (Lipinski definition) is 4. The lowest BCUT2D eigenvalue weighted by atomic mass is 10.5. The van der Waals surface area contributed by atoms with E-state index in [2.05, 4.69) is 17.6 Å². The van der Waals surface area contributed by atoms with Crippen LogP contribution in [-0.4, -0.2) is 33.7 Å². The van der Waals surface area contributed by atoms with Crippen molar-refractivity contribution in [2.24, 2.45) is 18.5 Å². The van der Waals surface area contributed by atoms with Crippen LogP contribution in [0.3, 0.4) is 0 Å². The molecular weight excluding hydrogens is 196 g/mol. The molecule has 1 aromatic rings. The summed E-state index contributed by atoms with van der Waals surface area (Å²) < 4.78 is 1.89. The SMILES string of the molecule is CCCN.Cn1ccnc1.NCC(=O)O. The maximum atomic E-state index is 9.24. The first kappa shape index (κ1) is 16.0. The largest absolute Gasteiger partial charge is 0.480 e. The van der Waals surface area contributed by atoms with Gasteiger partial charge in [0.15, 0.2) is 0 Å². The zero-order valence-corrected chi connectivity index (χ0v) is 9.26. The molecule has 0 saturated heterocycles. The molecule has 5 N–H and O–H groups in total. The van der Waals surface area contributed by atoms with E-state index in [-0.39, 0.29) is 6.54 Å². The number of nitrogens with zero attached hydrogens (tertiary/aromatic N) is 2. The van der Waals surface area contributed by atoms with E-state index in [1.54, 1.807) is 12.5 Å². The molecule has 0 fully saturated rings. The molecule has 6 heteroatoms. The molecule has 0 aliphatic rings. The molecule has 0 aliphatic heterocycles. The predicted octanol–water partition coefficient (Wildman–Crippen LogP) is -0.195. The summed E-state index contributed by atoms with van der Waals surface area (Å²) in [6.07, 6.45) is 6.49. The number of carboxylic acid groups (broad SMARTS) is 1. The molecular formula is C9H20N4O2. The van der Waals surface area contributed by atoms with E-state index in [0.717, 1.165) is 13.0 Å². The van der Waals surface area contributed by atoms with Crippen LogP contribution < -0.4 is 11.5 Å². The Bertz CT molecular complexity index is 222. The lowest BCUT2D eigenvalue weighted by molar-refractivity contribution is -0.135. The third kappa shape index (κ3) is 19.1. The summed E-state index contributed by atoms with van der Waals surface area (Å²) >= 11 is 0. The van der Waals surface area contributed by atoms with Gasteiger partial charge in [0, 0.05) is 19.4 Å². The van der Waals surface area contributed by atoms with E-state index in [9.17, 15) is 4.79 Å². The van der Waals surface area contributed by atoms with E-state index < -0.39 is 5.97 Å². The smallest absolute Gasteiger partial charge is 0.317 e. The van der Waals surface area contributed by atoms with Gasteiger partial charge in [-0.15, -0.1) is 0 Å². The minimum Gasteiger partial charge on any atom is -0.480 e. The molecule has 0 amide bonds. The highest BCUT2D eigenvalue weighted by molar-refractivity contribution is 5.68. The Morgan fingerprint density at radius 2 is 2.00 bits per heavy atom. The molecule has 1 aromatic heterocycles. The van der Waals surface area contributed by atoms with E-state index >= 15 is 0 Å². The first-order valence-electron chi connectivity index (χ1n) is 4.62. The summed E-state index contributed by atoms with van der Waals surface area (Å²) in [6, 6.07) is 0. The van der Waals surface area contributed by atoms with Crippen molar-refractivity contribution in [2.45, 2.75) is 13.3 Å². The number of aromatic nitrogens is 2. The second kappa shape index (κ2) is 12.6. The highest BCUT2D eigenvalue weighted by Gasteiger charge is 1.81. The maximum Gasteiger partial charge on any atom is 0.317 e. The molecule has 0 bridgehead atoms. The number of imidazole rings is 1. The Balaban J connectivity index is 0. The number of nitrogens with two attached hydrogens (primary N) is 2. The van der Waals surface area contributed by atoms with E-state index in [0.29, 0.717) is 0 Å². The lowest BCUT2D eigenvalue weighted by Gasteiger charge is -1.76. The third-order valence-electron chi connectivity index (χ3n) is 1.10. The van der Waals surface area contributed by atoms with Crippen molar-refractivity contribution in [2.75, 3.05) is 13.1 Å². The Morgan fingerprint density at radius 3 is 2.07 bits per heavy atom. The zero-order valence-electron chi connectivity index (χ0n) is 9.26. The van der Waals surface area contributed by atoms with Crippen LogP contribution >= 0.6 is 0 Å². The fraction of sp³-hybridized carbons (Fsp3) is 0.556. The second-order valence-corrected chi connectivity index (χ2v) is 2.61. The normalized spacial score (nSPS) is 8.00. The van der Waals surface area contributed by atoms with Crippen LogP contribution in [-0.2, 0) is 11.8 Å². The zero-order chi connectivity index (χ0) is 12.1. The minimum atomic E-state index is -0.968. The molecule has 1 rings (SSSR count). The summed E-state index contributed by atoms with van der Waals surface area (Å²) in [6.45, 7) is 2.60. The van der Waals surface area contributed by atoms with Crippen LogP contribution in [0.2, 0.25) is 0 Å². The van der Waals surface area contributed by atoms with E-state index in [1.807, 2.05) is 17.8 Å². The van der Waals surface area contributed by atoms with Crippen molar-refractivity contribution in [3.05, 3.63) is 18.7 Å². The van der Waals surface area contributed by atoms with Crippen molar-refractivity contribution in [3.63, 3.8) is 0 Å². The highest BCUT2D eigenvalue weighted by Crippen LogP contribution is 1.73. The first-order valence-corrected chi connectivity index (χ1v) is 4.62. The van der Waals surface area contributed by atoms with Gasteiger partial charge in [-0.3, -0.25) is 4.79 Å². The number of aliphatic carboxylic acids is 1. The molecule has 0 aromatic carbocycles. The van der Waals surface area contributed by atoms with Crippen LogP contribution in [0.25, 0.3) is 0 Å². The molecule has 0 radical (unpaired) electrons. The number of hydrogen-bond donors (Lipinski definition) is 3. The second-order valence-electron chi connectivity index (χ2n) is 2.61. The summed E-state index contributed by atoms with van der Waals surface area (Å²) in [5, 5.41) is 7.60. The van der Waals surface area contributed by atoms with Gasteiger partial charge in [-0.25, -0.2) is 4.98 Å². The van der Waals surface area contributed by atoms with Crippen molar-refractivity contribution < 1.29 is 9.90 Å². The molecule has 0 atom stereocenters. The minimum absolute atomic E-state index is 0.278. The fourth-order valence-corrected chi connectivity index (χ4v) is 0.326. The van der Waals surface area contributed by atoms with Gasteiger partial charge in [0.2, 0.25) is 0 Å². The molecule has 0 unspecified atom stereocenters. The Labute approximate surface area is 89.9 Å². The van der Waals surface area contributed by atoms with Gasteiger partial charge in [-0.1, -0.05) is 6.92 Å². The first-order chi connectivity index (χ1) is 7.08. The standard InChI is InChI=1S/C4H6N2.C3H9N.C2H5NO2/c1-6-3-2-5-4-6;1-2-3-4;3-1-2(4)5/h2-4H,1H3;2-4H2,1H3;1,3H2,(H,4,5). The molecule has 0 saturated carbocycles. The van der Waals surface area contributed by atoms with Crippen LogP contribution in [0.1, 0.15) is 13.3 Å². The van der Waals surface area contributed by atoms with Gasteiger partial charge in [-0.05, 0) is 13.0 Å². The van der Waals surface area contributed by atoms with Gasteiger partial charge < -0.3 is 21.1 Å². The summed E-state index contributed by atoms with van der Waals surface area (Å²) in [5.41, 5.74) is 9.60. The van der Waals surface area contributed by atoms with Crippen LogP contribution in [0.15, 0.2) is 18.7 Å². The van der Waals surface area contributed by atoms with Gasteiger partial charge >= 0.3 is 5.97 Å². The average molecular weight is 216 g/mol. The van der Waals surface area contributed by atoms with Crippen molar-refractivity contribution in [1.29, 1.82) is 0 Å². The number of aryl methyl sites for hydroxylation is 1. The quantitative estimate of drug-likeness (QED) is 0.635. The molecule has 15 heavy (non-hydrogen) atoms.